The van der Waals surface area contributed by atoms with E-state index < -0.39 is 32.2 Å². The highest BCUT2D eigenvalue weighted by Crippen LogP contribution is 2.37. The quantitative estimate of drug-likeness (QED) is 0.743. The van der Waals surface area contributed by atoms with Crippen LogP contribution in [0, 0.1) is 0 Å². The standard InChI is InChI=1S/C20H22F3N3O4S/c1-13(2)16-12-17(26(3)25-16)24-18(27)19(8-10-30-11-9-19)31(28,29)15-6-4-14(5-7-15)20(21,22)23/h4-7,12H,1,8-11H2,2-3H3,(H,24,27). The number of nitrogens with one attached hydrogen (secondary N) is 1. The summed E-state index contributed by atoms with van der Waals surface area (Å²) in [6.07, 6.45) is -4.86. The van der Waals surface area contributed by atoms with E-state index in [-0.39, 0.29) is 36.8 Å². The average molecular weight is 457 g/mol. The number of sulfone groups is 1. The van der Waals surface area contributed by atoms with Crippen molar-refractivity contribution in [1.29, 1.82) is 0 Å². The van der Waals surface area contributed by atoms with E-state index >= 15 is 0 Å². The monoisotopic (exact) mass is 457 g/mol. The van der Waals surface area contributed by atoms with Gasteiger partial charge in [-0.2, -0.15) is 18.3 Å². The van der Waals surface area contributed by atoms with Crippen molar-refractivity contribution in [2.24, 2.45) is 7.05 Å². The molecule has 2 heterocycles. The molecule has 31 heavy (non-hydrogen) atoms. The summed E-state index contributed by atoms with van der Waals surface area (Å²) in [4.78, 5) is 12.9. The number of allylic oxidation sites excluding steroid dienone is 1. The minimum absolute atomic E-state index is 0.0235. The number of rotatable bonds is 5. The van der Waals surface area contributed by atoms with Crippen LogP contribution in [-0.2, 0) is 32.6 Å². The van der Waals surface area contributed by atoms with Crippen molar-refractivity contribution in [1.82, 2.24) is 9.78 Å². The summed E-state index contributed by atoms with van der Waals surface area (Å²) >= 11 is 0. The molecule has 1 aliphatic rings. The second-order valence-electron chi connectivity index (χ2n) is 7.41. The van der Waals surface area contributed by atoms with Crippen molar-refractivity contribution in [2.75, 3.05) is 18.5 Å². The summed E-state index contributed by atoms with van der Waals surface area (Å²) < 4.78 is 70.3. The molecule has 1 N–H and O–H groups in total. The lowest BCUT2D eigenvalue weighted by atomic mass is 9.98. The lowest BCUT2D eigenvalue weighted by Crippen LogP contribution is -2.53. The van der Waals surface area contributed by atoms with Crippen molar-refractivity contribution in [3.05, 3.63) is 48.2 Å². The Bertz CT molecular complexity index is 1100. The van der Waals surface area contributed by atoms with Crippen molar-refractivity contribution in [3.63, 3.8) is 0 Å². The Balaban J connectivity index is 2.00. The summed E-state index contributed by atoms with van der Waals surface area (Å²) in [5.74, 6) is -0.511. The molecule has 1 aromatic heterocycles. The van der Waals surface area contributed by atoms with Crippen LogP contribution in [-0.4, -0.2) is 42.1 Å². The van der Waals surface area contributed by atoms with Crippen LogP contribution in [0.25, 0.3) is 5.57 Å². The van der Waals surface area contributed by atoms with Crippen molar-refractivity contribution in [3.8, 4) is 0 Å². The molecule has 11 heteroatoms. The molecule has 2 aromatic rings. The van der Waals surface area contributed by atoms with E-state index in [0.717, 1.165) is 12.1 Å². The third-order valence-corrected chi connectivity index (χ3v) is 7.79. The van der Waals surface area contributed by atoms with Gasteiger partial charge in [0.2, 0.25) is 5.91 Å². The maximum absolute atomic E-state index is 13.5. The number of anilines is 1. The second kappa shape index (κ2) is 8.12. The van der Waals surface area contributed by atoms with E-state index in [1.165, 1.54) is 4.68 Å². The van der Waals surface area contributed by atoms with Crippen LogP contribution < -0.4 is 5.32 Å². The van der Waals surface area contributed by atoms with Gasteiger partial charge < -0.3 is 10.1 Å². The fraction of sp³-hybridized carbons (Fsp3) is 0.400. The zero-order chi connectivity index (χ0) is 23.0. The van der Waals surface area contributed by atoms with Gasteiger partial charge in [0.15, 0.2) is 14.6 Å². The van der Waals surface area contributed by atoms with Gasteiger partial charge in [-0.05, 0) is 49.6 Å². The SMILES string of the molecule is C=C(C)c1cc(NC(=O)C2(S(=O)(=O)c3ccc(C(F)(F)F)cc3)CCOCC2)n(C)n1. The Morgan fingerprint density at radius 2 is 1.81 bits per heavy atom. The number of hydrogen-bond acceptors (Lipinski definition) is 5. The molecule has 0 saturated carbocycles. The third-order valence-electron chi connectivity index (χ3n) is 5.28. The Kier molecular flexibility index (Phi) is 6.03. The molecule has 7 nitrogen and oxygen atoms in total. The number of nitrogens with zero attached hydrogens (tertiary/aromatic N) is 2. The number of aryl methyl sites for hydroxylation is 1. The molecule has 1 aromatic carbocycles. The number of aromatic nitrogens is 2. The highest BCUT2D eigenvalue weighted by Gasteiger charge is 2.52. The van der Waals surface area contributed by atoms with E-state index in [1.807, 2.05) is 0 Å². The van der Waals surface area contributed by atoms with Gasteiger partial charge in [-0.1, -0.05) is 6.58 Å². The van der Waals surface area contributed by atoms with Crippen LogP contribution in [0.2, 0.25) is 0 Å². The Labute approximate surface area is 177 Å². The first-order valence-corrected chi connectivity index (χ1v) is 10.9. The number of carbonyl (C=O) groups is 1. The minimum atomic E-state index is -4.60. The fourth-order valence-electron chi connectivity index (χ4n) is 3.39. The number of alkyl halides is 3. The molecular formula is C20H22F3N3O4S. The maximum Gasteiger partial charge on any atom is 0.416 e. The summed E-state index contributed by atoms with van der Waals surface area (Å²) in [5, 5.41) is 6.82. The molecule has 1 aliphatic heterocycles. The van der Waals surface area contributed by atoms with Gasteiger partial charge in [-0.3, -0.25) is 9.48 Å². The largest absolute Gasteiger partial charge is 0.416 e. The van der Waals surface area contributed by atoms with Gasteiger partial charge in [0, 0.05) is 26.3 Å². The first-order chi connectivity index (χ1) is 14.4. The van der Waals surface area contributed by atoms with Gasteiger partial charge in [0.1, 0.15) is 5.82 Å². The third kappa shape index (κ3) is 4.24. The van der Waals surface area contributed by atoms with E-state index in [1.54, 1.807) is 20.0 Å². The molecular weight excluding hydrogens is 435 g/mol. The molecule has 168 valence electrons. The molecule has 0 atom stereocenters. The fourth-order valence-corrected chi connectivity index (χ4v) is 5.34. The zero-order valence-electron chi connectivity index (χ0n) is 17.0. The van der Waals surface area contributed by atoms with Crippen LogP contribution in [0.3, 0.4) is 0 Å². The molecule has 1 saturated heterocycles. The van der Waals surface area contributed by atoms with E-state index in [0.29, 0.717) is 23.4 Å². The molecule has 0 bridgehead atoms. The van der Waals surface area contributed by atoms with E-state index in [9.17, 15) is 26.4 Å². The maximum atomic E-state index is 13.5. The van der Waals surface area contributed by atoms with Crippen LogP contribution >= 0.6 is 0 Å². The Morgan fingerprint density at radius 3 is 2.29 bits per heavy atom. The van der Waals surface area contributed by atoms with Gasteiger partial charge in [-0.25, -0.2) is 8.42 Å². The lowest BCUT2D eigenvalue weighted by molar-refractivity contribution is -0.137. The molecule has 1 amide bonds. The topological polar surface area (TPSA) is 90.3 Å². The highest BCUT2D eigenvalue weighted by atomic mass is 32.2. The van der Waals surface area contributed by atoms with Gasteiger partial charge >= 0.3 is 6.18 Å². The van der Waals surface area contributed by atoms with E-state index in [4.69, 9.17) is 4.74 Å². The van der Waals surface area contributed by atoms with Gasteiger partial charge in [-0.15, -0.1) is 0 Å². The van der Waals surface area contributed by atoms with Crippen LogP contribution in [0.5, 0.6) is 0 Å². The van der Waals surface area contributed by atoms with Crippen molar-refractivity contribution >= 4 is 27.1 Å². The van der Waals surface area contributed by atoms with E-state index in [2.05, 4.69) is 17.0 Å². The molecule has 0 aliphatic carbocycles. The van der Waals surface area contributed by atoms with Crippen LogP contribution in [0.15, 0.2) is 41.8 Å². The van der Waals surface area contributed by atoms with Crippen molar-refractivity contribution < 1.29 is 31.1 Å². The molecule has 0 unspecified atom stereocenters. The number of amides is 1. The summed E-state index contributed by atoms with van der Waals surface area (Å²) in [5.41, 5.74) is 0.220. The van der Waals surface area contributed by atoms with Crippen LogP contribution in [0.4, 0.5) is 19.0 Å². The molecule has 0 radical (unpaired) electrons. The second-order valence-corrected chi connectivity index (χ2v) is 9.66. The Morgan fingerprint density at radius 1 is 1.23 bits per heavy atom. The average Bonchev–Trinajstić information content (AvgIpc) is 3.08. The first-order valence-electron chi connectivity index (χ1n) is 9.39. The number of carbonyl (C=O) groups excluding carboxylic acids is 1. The summed E-state index contributed by atoms with van der Waals surface area (Å²) in [6, 6.07) is 4.71. The molecule has 0 spiro atoms. The number of benzene rings is 1. The number of halogens is 3. The first kappa shape index (κ1) is 23.0. The smallest absolute Gasteiger partial charge is 0.381 e. The van der Waals surface area contributed by atoms with Gasteiger partial charge in [0.25, 0.3) is 0 Å². The normalized spacial score (nSPS) is 16.7. The minimum Gasteiger partial charge on any atom is -0.381 e. The summed E-state index contributed by atoms with van der Waals surface area (Å²) in [6.45, 7) is 5.57. The highest BCUT2D eigenvalue weighted by molar-refractivity contribution is 7.93. The predicted octanol–water partition coefficient (Wildman–Crippen LogP) is 3.43. The number of hydrogen-bond donors (Lipinski definition) is 1. The molecule has 1 fully saturated rings. The van der Waals surface area contributed by atoms with Gasteiger partial charge in [0.05, 0.1) is 16.2 Å². The van der Waals surface area contributed by atoms with Crippen LogP contribution in [0.1, 0.15) is 31.0 Å². The Hall–Kier alpha value is -2.66. The predicted molar refractivity (Wildman–Crippen MR) is 108 cm³/mol. The zero-order valence-corrected chi connectivity index (χ0v) is 17.8. The number of ether oxygens (including phenoxy) is 1. The molecule has 3 rings (SSSR count). The summed E-state index contributed by atoms with van der Waals surface area (Å²) in [7, 11) is -2.75. The lowest BCUT2D eigenvalue weighted by Gasteiger charge is -2.35. The van der Waals surface area contributed by atoms with Crippen molar-refractivity contribution in [2.45, 2.75) is 35.6 Å².